The molecule has 1 saturated heterocycles. The molecule has 3 atom stereocenters. The van der Waals surface area contributed by atoms with Gasteiger partial charge in [0.15, 0.2) is 0 Å². The molecule has 1 aromatic carbocycles. The Balaban J connectivity index is 0.00000147. The molecule has 1 aromatic rings. The number of benzene rings is 1. The Kier molecular flexibility index (Phi) is 5.11. The summed E-state index contributed by atoms with van der Waals surface area (Å²) in [5.74, 6) is 1.61. The lowest BCUT2D eigenvalue weighted by molar-refractivity contribution is 0.259. The molecule has 1 heterocycles. The molecule has 1 aliphatic heterocycles. The maximum atomic E-state index is 6.30. The van der Waals surface area contributed by atoms with Gasteiger partial charge in [-0.3, -0.25) is 4.90 Å². The van der Waals surface area contributed by atoms with Gasteiger partial charge in [0.25, 0.3) is 0 Å². The van der Waals surface area contributed by atoms with E-state index in [9.17, 15) is 0 Å². The van der Waals surface area contributed by atoms with Crippen molar-refractivity contribution in [1.82, 2.24) is 4.90 Å². The van der Waals surface area contributed by atoms with Crippen LogP contribution in [-0.2, 0) is 6.54 Å². The molecule has 3 heteroatoms. The fourth-order valence-electron chi connectivity index (χ4n) is 4.00. The quantitative estimate of drug-likeness (QED) is 0.907. The molecule has 20 heavy (non-hydrogen) atoms. The fourth-order valence-corrected chi connectivity index (χ4v) is 4.00. The van der Waals surface area contributed by atoms with Gasteiger partial charge in [0.05, 0.1) is 0 Å². The highest BCUT2D eigenvalue weighted by molar-refractivity contribution is 5.85. The van der Waals surface area contributed by atoms with E-state index in [1.165, 1.54) is 49.0 Å². The van der Waals surface area contributed by atoms with E-state index in [4.69, 9.17) is 5.73 Å². The van der Waals surface area contributed by atoms with Gasteiger partial charge in [0, 0.05) is 25.7 Å². The number of nitrogens with two attached hydrogens (primary N) is 1. The summed E-state index contributed by atoms with van der Waals surface area (Å²) in [4.78, 5) is 2.62. The molecule has 0 bridgehead atoms. The van der Waals surface area contributed by atoms with Crippen molar-refractivity contribution >= 4 is 12.4 Å². The first-order valence-electron chi connectivity index (χ1n) is 7.67. The Labute approximate surface area is 129 Å². The van der Waals surface area contributed by atoms with Crippen LogP contribution in [0.5, 0.6) is 0 Å². The second-order valence-electron chi connectivity index (χ2n) is 6.64. The van der Waals surface area contributed by atoms with Crippen molar-refractivity contribution in [2.45, 2.75) is 45.7 Å². The molecule has 2 N–H and O–H groups in total. The van der Waals surface area contributed by atoms with Crippen LogP contribution in [0.25, 0.3) is 0 Å². The summed E-state index contributed by atoms with van der Waals surface area (Å²) in [5, 5.41) is 0. The van der Waals surface area contributed by atoms with Crippen LogP contribution in [0.1, 0.15) is 36.0 Å². The van der Waals surface area contributed by atoms with Gasteiger partial charge in [-0.25, -0.2) is 0 Å². The third-order valence-corrected chi connectivity index (χ3v) is 5.12. The lowest BCUT2D eigenvalue weighted by Crippen LogP contribution is -2.38. The van der Waals surface area contributed by atoms with Gasteiger partial charge in [-0.15, -0.1) is 12.4 Å². The second-order valence-corrected chi connectivity index (χ2v) is 6.64. The molecule has 0 aromatic heterocycles. The molecule has 2 aliphatic rings. The number of hydrogen-bond donors (Lipinski definition) is 1. The lowest BCUT2D eigenvalue weighted by Gasteiger charge is -2.29. The number of likely N-dealkylation sites (tertiary alicyclic amines) is 1. The van der Waals surface area contributed by atoms with Crippen LogP contribution in [0.3, 0.4) is 0 Å². The van der Waals surface area contributed by atoms with E-state index in [-0.39, 0.29) is 12.4 Å². The van der Waals surface area contributed by atoms with Crippen LogP contribution in [0.2, 0.25) is 0 Å². The minimum absolute atomic E-state index is 0. The number of rotatable bonds is 2. The normalized spacial score (nSPS) is 29.9. The Morgan fingerprint density at radius 2 is 2.00 bits per heavy atom. The van der Waals surface area contributed by atoms with Crippen LogP contribution in [0, 0.1) is 25.7 Å². The smallest absolute Gasteiger partial charge is 0.0236 e. The molecule has 2 fully saturated rings. The Morgan fingerprint density at radius 3 is 2.70 bits per heavy atom. The predicted octanol–water partition coefficient (Wildman–Crippen LogP) is 3.28. The van der Waals surface area contributed by atoms with Crippen molar-refractivity contribution in [2.75, 3.05) is 13.1 Å². The van der Waals surface area contributed by atoms with Crippen molar-refractivity contribution in [3.05, 3.63) is 34.9 Å². The Bertz CT molecular complexity index is 460. The van der Waals surface area contributed by atoms with Gasteiger partial charge in [0.1, 0.15) is 0 Å². The molecule has 3 unspecified atom stereocenters. The van der Waals surface area contributed by atoms with Crippen LogP contribution in [0.15, 0.2) is 18.2 Å². The maximum absolute atomic E-state index is 6.30. The molecule has 0 spiro atoms. The third-order valence-electron chi connectivity index (χ3n) is 5.12. The van der Waals surface area contributed by atoms with Gasteiger partial charge in [-0.2, -0.15) is 0 Å². The molecule has 0 radical (unpaired) electrons. The first kappa shape index (κ1) is 15.8. The molecular weight excluding hydrogens is 268 g/mol. The molecular formula is C17H27ClN2. The summed E-state index contributed by atoms with van der Waals surface area (Å²) in [5.41, 5.74) is 10.6. The standard InChI is InChI=1S/C17H26N2.ClH/c1-12-6-7-14(13(2)8-12)9-19-10-15-4-3-5-17(18)16(15)11-19;/h6-8,15-17H,3-5,9-11,18H2,1-2H3;1H. The van der Waals surface area contributed by atoms with E-state index < -0.39 is 0 Å². The number of aryl methyl sites for hydroxylation is 2. The van der Waals surface area contributed by atoms with Crippen LogP contribution in [-0.4, -0.2) is 24.0 Å². The molecule has 112 valence electrons. The first-order chi connectivity index (χ1) is 9.13. The highest BCUT2D eigenvalue weighted by Crippen LogP contribution is 2.36. The lowest BCUT2D eigenvalue weighted by atomic mass is 9.78. The van der Waals surface area contributed by atoms with Crippen LogP contribution in [0.4, 0.5) is 0 Å². The first-order valence-corrected chi connectivity index (χ1v) is 7.67. The largest absolute Gasteiger partial charge is 0.327 e. The maximum Gasteiger partial charge on any atom is 0.0236 e. The van der Waals surface area contributed by atoms with Crippen molar-refractivity contribution < 1.29 is 0 Å². The van der Waals surface area contributed by atoms with E-state index in [1.807, 2.05) is 0 Å². The fraction of sp³-hybridized carbons (Fsp3) is 0.647. The third kappa shape index (κ3) is 3.19. The molecule has 3 rings (SSSR count). The topological polar surface area (TPSA) is 29.3 Å². The summed E-state index contributed by atoms with van der Waals surface area (Å²) in [7, 11) is 0. The number of hydrogen-bond acceptors (Lipinski definition) is 2. The average Bonchev–Trinajstić information content (AvgIpc) is 2.77. The number of nitrogens with zero attached hydrogens (tertiary/aromatic N) is 1. The van der Waals surface area contributed by atoms with Crippen molar-refractivity contribution in [3.8, 4) is 0 Å². The SMILES string of the molecule is Cc1ccc(CN2CC3CCCC(N)C3C2)c(C)c1.Cl. The van der Waals surface area contributed by atoms with Crippen molar-refractivity contribution in [3.63, 3.8) is 0 Å². The van der Waals surface area contributed by atoms with E-state index in [1.54, 1.807) is 0 Å². The van der Waals surface area contributed by atoms with Crippen LogP contribution < -0.4 is 5.73 Å². The summed E-state index contributed by atoms with van der Waals surface area (Å²) < 4.78 is 0. The number of halogens is 1. The second kappa shape index (κ2) is 6.46. The van der Waals surface area contributed by atoms with Gasteiger partial charge in [-0.1, -0.05) is 30.2 Å². The average molecular weight is 295 g/mol. The highest BCUT2D eigenvalue weighted by Gasteiger charge is 2.38. The van der Waals surface area contributed by atoms with Crippen molar-refractivity contribution in [2.24, 2.45) is 17.6 Å². The Morgan fingerprint density at radius 1 is 1.20 bits per heavy atom. The molecule has 0 amide bonds. The van der Waals surface area contributed by atoms with E-state index in [0.29, 0.717) is 6.04 Å². The van der Waals surface area contributed by atoms with E-state index >= 15 is 0 Å². The zero-order chi connectivity index (χ0) is 13.4. The summed E-state index contributed by atoms with van der Waals surface area (Å²) in [6.45, 7) is 7.97. The number of fused-ring (bicyclic) bond motifs is 1. The monoisotopic (exact) mass is 294 g/mol. The van der Waals surface area contributed by atoms with Gasteiger partial charge < -0.3 is 5.73 Å². The van der Waals surface area contributed by atoms with E-state index in [2.05, 4.69) is 36.9 Å². The zero-order valence-corrected chi connectivity index (χ0v) is 13.5. The molecule has 1 saturated carbocycles. The Hall–Kier alpha value is -0.570. The zero-order valence-electron chi connectivity index (χ0n) is 12.6. The minimum atomic E-state index is 0. The summed E-state index contributed by atoms with van der Waals surface area (Å²) >= 11 is 0. The van der Waals surface area contributed by atoms with Gasteiger partial charge >= 0.3 is 0 Å². The minimum Gasteiger partial charge on any atom is -0.327 e. The van der Waals surface area contributed by atoms with Crippen molar-refractivity contribution in [1.29, 1.82) is 0 Å². The predicted molar refractivity (Wildman–Crippen MR) is 87.2 cm³/mol. The van der Waals surface area contributed by atoms with Crippen LogP contribution >= 0.6 is 12.4 Å². The van der Waals surface area contributed by atoms with Gasteiger partial charge in [-0.05, 0) is 49.7 Å². The summed E-state index contributed by atoms with van der Waals surface area (Å²) in [6, 6.07) is 7.27. The highest BCUT2D eigenvalue weighted by atomic mass is 35.5. The van der Waals surface area contributed by atoms with E-state index in [0.717, 1.165) is 18.4 Å². The molecule has 2 nitrogen and oxygen atoms in total. The van der Waals surface area contributed by atoms with Gasteiger partial charge in [0.2, 0.25) is 0 Å². The summed E-state index contributed by atoms with van der Waals surface area (Å²) in [6.07, 6.45) is 3.96. The molecule has 1 aliphatic carbocycles.